The van der Waals surface area contributed by atoms with Gasteiger partial charge in [0.2, 0.25) is 0 Å². The second kappa shape index (κ2) is 17.4. The smallest absolute Gasteiger partial charge is 0.336 e. The number of aryl methyl sites for hydroxylation is 1. The molecule has 0 saturated heterocycles. The van der Waals surface area contributed by atoms with Crippen LogP contribution in [0, 0.1) is 23.7 Å². The molecule has 6 heteroatoms. The third kappa shape index (κ3) is 10.8. The van der Waals surface area contributed by atoms with Gasteiger partial charge < -0.3 is 14.6 Å². The number of aliphatic hydroxyl groups excluding tert-OH is 1. The maximum Gasteiger partial charge on any atom is 0.336 e. The minimum Gasteiger partial charge on any atom is -0.462 e. The Bertz CT molecular complexity index is 1040. The molecule has 0 heterocycles. The topological polar surface area (TPSA) is 72.8 Å². The predicted octanol–water partition coefficient (Wildman–Crippen LogP) is 8.18. The molecule has 42 heavy (non-hydrogen) atoms. The van der Waals surface area contributed by atoms with Crippen molar-refractivity contribution in [3.8, 4) is 0 Å². The van der Waals surface area contributed by atoms with Gasteiger partial charge in [0.25, 0.3) is 0 Å². The lowest BCUT2D eigenvalue weighted by atomic mass is 9.68. The molecule has 232 valence electrons. The Morgan fingerprint density at radius 2 is 1.52 bits per heavy atom. The molecule has 2 aliphatic carbocycles. The van der Waals surface area contributed by atoms with Crippen LogP contribution >= 0.6 is 0 Å². The zero-order chi connectivity index (χ0) is 30.5. The van der Waals surface area contributed by atoms with Gasteiger partial charge in [0.05, 0.1) is 31.2 Å². The molecule has 0 aromatic heterocycles. The van der Waals surface area contributed by atoms with Crippen molar-refractivity contribution in [1.29, 1.82) is 0 Å². The average molecular weight is 583 g/mol. The number of allylic oxidation sites excluding steroid dienone is 1. The quantitative estimate of drug-likeness (QED) is 0.167. The fraction of sp³-hybridized carbons (Fsp3) is 0.611. The maximum absolute atomic E-state index is 12.2. The van der Waals surface area contributed by atoms with Gasteiger partial charge in [-0.1, -0.05) is 56.3 Å². The molecule has 3 rings (SSSR count). The highest BCUT2D eigenvalue weighted by Gasteiger charge is 2.31. The van der Waals surface area contributed by atoms with Gasteiger partial charge >= 0.3 is 11.9 Å². The van der Waals surface area contributed by atoms with E-state index in [0.717, 1.165) is 37.0 Å². The second-order valence-corrected chi connectivity index (χ2v) is 12.7. The molecule has 2 unspecified atom stereocenters. The van der Waals surface area contributed by atoms with Gasteiger partial charge in [-0.3, -0.25) is 0 Å². The van der Waals surface area contributed by atoms with E-state index in [1.807, 2.05) is 0 Å². The summed E-state index contributed by atoms with van der Waals surface area (Å²) in [7, 11) is 0. The zero-order valence-electron chi connectivity index (χ0n) is 25.7. The number of esters is 2. The van der Waals surface area contributed by atoms with E-state index >= 15 is 0 Å². The van der Waals surface area contributed by atoms with Crippen molar-refractivity contribution in [2.75, 3.05) is 13.2 Å². The Morgan fingerprint density at radius 1 is 0.952 bits per heavy atom. The second-order valence-electron chi connectivity index (χ2n) is 12.7. The molecule has 1 aromatic carbocycles. The number of hydrogen-bond donors (Lipinski definition) is 1. The Hall–Kier alpha value is -2.73. The summed E-state index contributed by atoms with van der Waals surface area (Å²) in [6.45, 7) is 10.5. The predicted molar refractivity (Wildman–Crippen MR) is 165 cm³/mol. The average Bonchev–Trinajstić information content (AvgIpc) is 3.00. The van der Waals surface area contributed by atoms with Crippen LogP contribution in [-0.4, -0.2) is 36.4 Å². The molecule has 0 amide bonds. The Labute approximate surface area is 252 Å². The van der Waals surface area contributed by atoms with Crippen LogP contribution in [0.25, 0.3) is 0 Å². The van der Waals surface area contributed by atoms with E-state index < -0.39 is 18.0 Å². The Morgan fingerprint density at radius 3 is 2.07 bits per heavy atom. The van der Waals surface area contributed by atoms with Gasteiger partial charge in [0.15, 0.2) is 0 Å². The SMILES string of the molecule is C=C(C)C(=O)OCC(CCc1ccc(C2CCC(C3CCC(CC/C=C/F)CC3)CC2)cc1)COC(=O)C(=C)C(C)O. The summed E-state index contributed by atoms with van der Waals surface area (Å²) >= 11 is 0. The molecule has 0 aliphatic heterocycles. The molecule has 2 saturated carbocycles. The molecule has 2 aliphatic rings. The third-order valence-corrected chi connectivity index (χ3v) is 9.47. The van der Waals surface area contributed by atoms with Crippen LogP contribution < -0.4 is 0 Å². The van der Waals surface area contributed by atoms with Gasteiger partial charge in [0.1, 0.15) is 0 Å². The summed E-state index contributed by atoms with van der Waals surface area (Å²) in [6.07, 6.45) is 15.3. The Kier molecular flexibility index (Phi) is 14.0. The number of aliphatic hydroxyl groups is 1. The number of halogens is 1. The molecule has 2 atom stereocenters. The lowest BCUT2D eigenvalue weighted by molar-refractivity contribution is -0.144. The molecule has 0 radical (unpaired) electrons. The molecule has 1 aromatic rings. The summed E-state index contributed by atoms with van der Waals surface area (Å²) in [5, 5.41) is 9.58. The van der Waals surface area contributed by atoms with Crippen molar-refractivity contribution >= 4 is 11.9 Å². The van der Waals surface area contributed by atoms with E-state index in [1.54, 1.807) is 13.0 Å². The van der Waals surface area contributed by atoms with Crippen molar-refractivity contribution in [3.63, 3.8) is 0 Å². The first-order chi connectivity index (χ1) is 20.2. The molecule has 1 N–H and O–H groups in total. The van der Waals surface area contributed by atoms with Gasteiger partial charge in [-0.05, 0) is 113 Å². The zero-order valence-corrected chi connectivity index (χ0v) is 25.7. The van der Waals surface area contributed by atoms with Crippen LogP contribution in [0.1, 0.15) is 102 Å². The van der Waals surface area contributed by atoms with Crippen molar-refractivity contribution in [1.82, 2.24) is 0 Å². The van der Waals surface area contributed by atoms with Crippen LogP contribution in [0.3, 0.4) is 0 Å². The van der Waals surface area contributed by atoms with Crippen molar-refractivity contribution in [3.05, 3.63) is 72.1 Å². The van der Waals surface area contributed by atoms with E-state index in [4.69, 9.17) is 9.47 Å². The van der Waals surface area contributed by atoms with E-state index in [0.29, 0.717) is 24.2 Å². The normalized spacial score (nSPS) is 24.1. The lowest BCUT2D eigenvalue weighted by Gasteiger charge is -2.38. The molecule has 0 bridgehead atoms. The number of rotatable bonds is 15. The first-order valence-electron chi connectivity index (χ1n) is 15.9. The van der Waals surface area contributed by atoms with E-state index in [2.05, 4.69) is 37.4 Å². The monoisotopic (exact) mass is 582 g/mol. The number of benzene rings is 1. The number of ether oxygens (including phenoxy) is 2. The summed E-state index contributed by atoms with van der Waals surface area (Å²) in [4.78, 5) is 24.1. The fourth-order valence-electron chi connectivity index (χ4n) is 6.58. The first kappa shape index (κ1) is 33.8. The van der Waals surface area contributed by atoms with Crippen LogP contribution in [0.2, 0.25) is 0 Å². The van der Waals surface area contributed by atoms with Gasteiger partial charge in [-0.2, -0.15) is 0 Å². The summed E-state index contributed by atoms with van der Waals surface area (Å²) in [6, 6.07) is 8.92. The minimum absolute atomic E-state index is 0.00380. The fourth-order valence-corrected chi connectivity index (χ4v) is 6.58. The van der Waals surface area contributed by atoms with Crippen molar-refractivity contribution in [2.45, 2.75) is 103 Å². The van der Waals surface area contributed by atoms with E-state index in [1.165, 1.54) is 69.4 Å². The summed E-state index contributed by atoms with van der Waals surface area (Å²) in [5.41, 5.74) is 2.94. The lowest BCUT2D eigenvalue weighted by Crippen LogP contribution is -2.25. The van der Waals surface area contributed by atoms with Gasteiger partial charge in [-0.15, -0.1) is 0 Å². The molecule has 5 nitrogen and oxygen atoms in total. The first-order valence-corrected chi connectivity index (χ1v) is 15.9. The summed E-state index contributed by atoms with van der Waals surface area (Å²) < 4.78 is 22.9. The molecular weight excluding hydrogens is 531 g/mol. The van der Waals surface area contributed by atoms with Crippen LogP contribution in [-0.2, 0) is 25.5 Å². The van der Waals surface area contributed by atoms with E-state index in [9.17, 15) is 19.1 Å². The van der Waals surface area contributed by atoms with Crippen LogP contribution in [0.5, 0.6) is 0 Å². The largest absolute Gasteiger partial charge is 0.462 e. The molecule has 0 spiro atoms. The highest BCUT2D eigenvalue weighted by Crippen LogP contribution is 2.44. The minimum atomic E-state index is -0.978. The maximum atomic E-state index is 12.2. The number of hydrogen-bond acceptors (Lipinski definition) is 5. The highest BCUT2D eigenvalue weighted by molar-refractivity contribution is 5.88. The van der Waals surface area contributed by atoms with Gasteiger partial charge in [0, 0.05) is 11.5 Å². The summed E-state index contributed by atoms with van der Waals surface area (Å²) in [5.74, 6) is 1.83. The van der Waals surface area contributed by atoms with Crippen molar-refractivity contribution < 1.29 is 28.6 Å². The third-order valence-electron chi connectivity index (χ3n) is 9.47. The molecule has 2 fully saturated rings. The van der Waals surface area contributed by atoms with Crippen molar-refractivity contribution in [2.24, 2.45) is 23.7 Å². The number of carbonyl (C=O) groups is 2. The van der Waals surface area contributed by atoms with Crippen LogP contribution in [0.4, 0.5) is 4.39 Å². The van der Waals surface area contributed by atoms with Gasteiger partial charge in [-0.25, -0.2) is 14.0 Å². The van der Waals surface area contributed by atoms with E-state index in [-0.39, 0.29) is 24.7 Å². The highest BCUT2D eigenvalue weighted by atomic mass is 19.1. The van der Waals surface area contributed by atoms with Crippen LogP contribution in [0.15, 0.2) is 61.0 Å². The molecular formula is C36H51FO5. The number of carbonyl (C=O) groups excluding carboxylic acids is 2. The Balaban J connectivity index is 1.45. The standard InChI is InChI=1S/C36H51FO5/c1-25(2)35(39)41-23-30(24-42-36(40)26(3)27(4)38)9-8-29-12-16-32(17-13-29)34-20-18-33(19-21-34)31-14-10-28(11-15-31)7-5-6-22-37/h6,12-13,16-17,22,27-28,30-31,33-34,38H,1,3,5,7-11,14-15,18-21,23-24H2,2,4H3/b22-6+.